The number of hydrogen-bond donors (Lipinski definition) is 2. The van der Waals surface area contributed by atoms with E-state index in [1.807, 2.05) is 0 Å². The molecule has 0 aromatic rings. The first-order valence-electron chi connectivity index (χ1n) is 7.71. The molecule has 108 valence electrons. The summed E-state index contributed by atoms with van der Waals surface area (Å²) in [6.45, 7) is 3.61. The average Bonchev–Trinajstić information content (AvgIpc) is 3.29. The van der Waals surface area contributed by atoms with Gasteiger partial charge in [0, 0.05) is 25.0 Å². The van der Waals surface area contributed by atoms with E-state index in [-0.39, 0.29) is 5.41 Å². The normalized spacial score (nSPS) is 32.9. The van der Waals surface area contributed by atoms with Crippen molar-refractivity contribution in [3.8, 4) is 0 Å². The van der Waals surface area contributed by atoms with E-state index >= 15 is 0 Å². The van der Waals surface area contributed by atoms with Crippen molar-refractivity contribution < 1.29 is 9.53 Å². The summed E-state index contributed by atoms with van der Waals surface area (Å²) in [4.78, 5) is 12.2. The molecule has 1 aliphatic heterocycles. The molecule has 0 aromatic carbocycles. The first-order valence-corrected chi connectivity index (χ1v) is 7.71. The maximum Gasteiger partial charge on any atom is 0.223 e. The van der Waals surface area contributed by atoms with Crippen LogP contribution in [0.15, 0.2) is 0 Å². The van der Waals surface area contributed by atoms with Crippen LogP contribution in [0, 0.1) is 23.2 Å². The Morgan fingerprint density at radius 3 is 2.74 bits per heavy atom. The van der Waals surface area contributed by atoms with Gasteiger partial charge in [0.25, 0.3) is 0 Å². The fourth-order valence-electron chi connectivity index (χ4n) is 3.60. The van der Waals surface area contributed by atoms with Crippen molar-refractivity contribution >= 4 is 5.91 Å². The predicted octanol–water partition coefficient (Wildman–Crippen LogP) is 1.16. The molecule has 0 radical (unpaired) electrons. The van der Waals surface area contributed by atoms with Gasteiger partial charge in [0.05, 0.1) is 6.61 Å². The zero-order valence-corrected chi connectivity index (χ0v) is 11.9. The number of carbonyl (C=O) groups is 1. The largest absolute Gasteiger partial charge is 0.384 e. The number of carbonyl (C=O) groups excluding carboxylic acids is 1. The molecule has 1 amide bonds. The van der Waals surface area contributed by atoms with Crippen molar-refractivity contribution in [2.24, 2.45) is 23.2 Å². The second-order valence-electron chi connectivity index (χ2n) is 6.74. The third kappa shape index (κ3) is 3.11. The molecule has 0 aromatic heterocycles. The van der Waals surface area contributed by atoms with Crippen molar-refractivity contribution in [3.05, 3.63) is 0 Å². The smallest absolute Gasteiger partial charge is 0.223 e. The van der Waals surface area contributed by atoms with Crippen LogP contribution < -0.4 is 10.6 Å². The molecule has 1 heterocycles. The standard InChI is InChI=1S/C15H26N2O2/c1-19-10-15(4-6-16-7-5-15)9-17-14(18)13-8-12(13)11-2-3-11/h11-13,16H,2-10H2,1H3,(H,17,18). The van der Waals surface area contributed by atoms with Gasteiger partial charge in [-0.3, -0.25) is 4.79 Å². The van der Waals surface area contributed by atoms with E-state index in [4.69, 9.17) is 4.74 Å². The van der Waals surface area contributed by atoms with Gasteiger partial charge in [-0.25, -0.2) is 0 Å². The highest BCUT2D eigenvalue weighted by molar-refractivity contribution is 5.81. The van der Waals surface area contributed by atoms with Gasteiger partial charge in [0.2, 0.25) is 5.91 Å². The molecule has 4 heteroatoms. The van der Waals surface area contributed by atoms with E-state index in [9.17, 15) is 4.79 Å². The van der Waals surface area contributed by atoms with Crippen LogP contribution in [0.3, 0.4) is 0 Å². The van der Waals surface area contributed by atoms with Crippen LogP contribution in [0.25, 0.3) is 0 Å². The van der Waals surface area contributed by atoms with Crippen molar-refractivity contribution in [1.29, 1.82) is 0 Å². The van der Waals surface area contributed by atoms with Gasteiger partial charge < -0.3 is 15.4 Å². The zero-order valence-electron chi connectivity index (χ0n) is 11.9. The molecule has 3 aliphatic rings. The molecule has 2 saturated carbocycles. The molecule has 2 atom stereocenters. The Bertz CT molecular complexity index is 330. The number of nitrogens with one attached hydrogen (secondary N) is 2. The van der Waals surface area contributed by atoms with E-state index in [0.29, 0.717) is 17.7 Å². The SMILES string of the molecule is COCC1(CNC(=O)C2CC2C2CC2)CCNCC1. The van der Waals surface area contributed by atoms with Crippen LogP contribution in [0.2, 0.25) is 0 Å². The summed E-state index contributed by atoms with van der Waals surface area (Å²) in [6.07, 6.45) is 6.03. The number of rotatable bonds is 6. The number of piperidine rings is 1. The second-order valence-corrected chi connectivity index (χ2v) is 6.74. The highest BCUT2D eigenvalue weighted by Gasteiger charge is 2.51. The molecular formula is C15H26N2O2. The zero-order chi connectivity index (χ0) is 13.3. The van der Waals surface area contributed by atoms with Crippen LogP contribution in [-0.4, -0.2) is 39.3 Å². The summed E-state index contributed by atoms with van der Waals surface area (Å²) in [5, 5.41) is 6.59. The van der Waals surface area contributed by atoms with Crippen LogP contribution >= 0.6 is 0 Å². The Morgan fingerprint density at radius 1 is 1.37 bits per heavy atom. The van der Waals surface area contributed by atoms with Gasteiger partial charge in [-0.2, -0.15) is 0 Å². The summed E-state index contributed by atoms with van der Waals surface area (Å²) in [5.74, 6) is 2.22. The summed E-state index contributed by atoms with van der Waals surface area (Å²) in [7, 11) is 1.76. The third-order valence-corrected chi connectivity index (χ3v) is 5.16. The molecule has 1 saturated heterocycles. The van der Waals surface area contributed by atoms with Gasteiger partial charge in [0.1, 0.15) is 0 Å². The third-order valence-electron chi connectivity index (χ3n) is 5.16. The topological polar surface area (TPSA) is 50.4 Å². The van der Waals surface area contributed by atoms with Gasteiger partial charge in [-0.15, -0.1) is 0 Å². The van der Waals surface area contributed by atoms with Gasteiger partial charge in [0.15, 0.2) is 0 Å². The maximum atomic E-state index is 12.2. The average molecular weight is 266 g/mol. The fourth-order valence-corrected chi connectivity index (χ4v) is 3.60. The van der Waals surface area contributed by atoms with E-state index < -0.39 is 0 Å². The van der Waals surface area contributed by atoms with Crippen molar-refractivity contribution in [2.45, 2.75) is 32.1 Å². The highest BCUT2D eigenvalue weighted by atomic mass is 16.5. The lowest BCUT2D eigenvalue weighted by molar-refractivity contribution is -0.123. The van der Waals surface area contributed by atoms with Crippen LogP contribution in [-0.2, 0) is 9.53 Å². The minimum Gasteiger partial charge on any atom is -0.384 e. The van der Waals surface area contributed by atoms with E-state index in [1.165, 1.54) is 12.8 Å². The molecule has 19 heavy (non-hydrogen) atoms. The van der Waals surface area contributed by atoms with Gasteiger partial charge >= 0.3 is 0 Å². The molecular weight excluding hydrogens is 240 g/mol. The van der Waals surface area contributed by atoms with Crippen LogP contribution in [0.5, 0.6) is 0 Å². The fraction of sp³-hybridized carbons (Fsp3) is 0.933. The molecule has 2 unspecified atom stereocenters. The Morgan fingerprint density at radius 2 is 2.11 bits per heavy atom. The maximum absolute atomic E-state index is 12.2. The summed E-state index contributed by atoms with van der Waals surface area (Å²) in [6, 6.07) is 0. The molecule has 3 fully saturated rings. The number of hydrogen-bond acceptors (Lipinski definition) is 3. The van der Waals surface area contributed by atoms with Crippen molar-refractivity contribution in [2.75, 3.05) is 33.4 Å². The lowest BCUT2D eigenvalue weighted by Crippen LogP contribution is -2.47. The van der Waals surface area contributed by atoms with E-state index in [2.05, 4.69) is 10.6 Å². The molecule has 2 aliphatic carbocycles. The molecule has 2 N–H and O–H groups in total. The predicted molar refractivity (Wildman–Crippen MR) is 73.7 cm³/mol. The quantitative estimate of drug-likeness (QED) is 0.758. The molecule has 0 bridgehead atoms. The lowest BCUT2D eigenvalue weighted by atomic mass is 9.79. The van der Waals surface area contributed by atoms with Crippen LogP contribution in [0.4, 0.5) is 0 Å². The van der Waals surface area contributed by atoms with E-state index in [0.717, 1.165) is 51.4 Å². The van der Waals surface area contributed by atoms with Crippen LogP contribution in [0.1, 0.15) is 32.1 Å². The Balaban J connectivity index is 1.47. The Labute approximate surface area is 115 Å². The highest BCUT2D eigenvalue weighted by Crippen LogP contribution is 2.54. The Hall–Kier alpha value is -0.610. The first-order chi connectivity index (χ1) is 9.24. The Kier molecular flexibility index (Phi) is 3.81. The van der Waals surface area contributed by atoms with Gasteiger partial charge in [-0.1, -0.05) is 0 Å². The summed E-state index contributed by atoms with van der Waals surface area (Å²) < 4.78 is 5.38. The van der Waals surface area contributed by atoms with Gasteiger partial charge in [-0.05, 0) is 57.0 Å². The first kappa shape index (κ1) is 13.4. The summed E-state index contributed by atoms with van der Waals surface area (Å²) in [5.41, 5.74) is 0.152. The molecule has 3 rings (SSSR count). The van der Waals surface area contributed by atoms with Crippen molar-refractivity contribution in [3.63, 3.8) is 0 Å². The number of methoxy groups -OCH3 is 1. The molecule has 0 spiro atoms. The number of ether oxygens (including phenoxy) is 1. The van der Waals surface area contributed by atoms with E-state index in [1.54, 1.807) is 7.11 Å². The second kappa shape index (κ2) is 5.41. The minimum atomic E-state index is 0.152. The minimum absolute atomic E-state index is 0.152. The molecule has 4 nitrogen and oxygen atoms in total. The van der Waals surface area contributed by atoms with Crippen molar-refractivity contribution in [1.82, 2.24) is 10.6 Å². The lowest BCUT2D eigenvalue weighted by Gasteiger charge is -2.37. The summed E-state index contributed by atoms with van der Waals surface area (Å²) >= 11 is 0. The number of amides is 1. The monoisotopic (exact) mass is 266 g/mol.